The van der Waals surface area contributed by atoms with Crippen molar-refractivity contribution in [1.82, 2.24) is 9.38 Å². The first-order valence-electron chi connectivity index (χ1n) is 10.0. The third kappa shape index (κ3) is 4.69. The van der Waals surface area contributed by atoms with E-state index in [4.69, 9.17) is 18.9 Å². The molecule has 0 saturated carbocycles. The molecule has 0 aliphatic carbocycles. The van der Waals surface area contributed by atoms with E-state index in [1.165, 1.54) is 33.5 Å². The standard InChI is InChI=1S/C23H22FN3O6S/c1-30-18-8-7-15(10-21(18)33-14-16-13-27-9-5-4-6-23(27)25-16)26-34(28,29)22-12-20(32-3)19(31-2)11-17(22)24/h4-13,26H,14H2,1-3H3. The Morgan fingerprint density at radius 3 is 2.38 bits per heavy atom. The molecule has 4 aromatic rings. The Hall–Kier alpha value is -3.99. The fourth-order valence-electron chi connectivity index (χ4n) is 3.31. The highest BCUT2D eigenvalue weighted by Crippen LogP contribution is 2.35. The Balaban J connectivity index is 1.58. The Bertz CT molecular complexity index is 1410. The van der Waals surface area contributed by atoms with Crippen molar-refractivity contribution in [1.29, 1.82) is 0 Å². The molecular formula is C23H22FN3O6S. The molecule has 2 heterocycles. The molecule has 0 aliphatic rings. The van der Waals surface area contributed by atoms with Gasteiger partial charge in [0.2, 0.25) is 0 Å². The maximum absolute atomic E-state index is 14.5. The molecule has 0 radical (unpaired) electrons. The van der Waals surface area contributed by atoms with Gasteiger partial charge in [-0.3, -0.25) is 4.72 Å². The number of anilines is 1. The zero-order chi connectivity index (χ0) is 24.3. The number of halogens is 1. The van der Waals surface area contributed by atoms with Gasteiger partial charge in [-0.2, -0.15) is 0 Å². The molecule has 0 amide bonds. The number of hydrogen-bond donors (Lipinski definition) is 1. The molecule has 1 N–H and O–H groups in total. The van der Waals surface area contributed by atoms with Gasteiger partial charge in [0, 0.05) is 30.6 Å². The van der Waals surface area contributed by atoms with Crippen LogP contribution in [0.4, 0.5) is 10.1 Å². The summed E-state index contributed by atoms with van der Waals surface area (Å²) in [5, 5.41) is 0. The van der Waals surface area contributed by atoms with Gasteiger partial charge in [0.15, 0.2) is 23.0 Å². The van der Waals surface area contributed by atoms with Crippen molar-refractivity contribution >= 4 is 21.4 Å². The highest BCUT2D eigenvalue weighted by atomic mass is 32.2. The smallest absolute Gasteiger partial charge is 0.264 e. The third-order valence-corrected chi connectivity index (χ3v) is 6.33. The first-order chi connectivity index (χ1) is 16.3. The second-order valence-electron chi connectivity index (χ2n) is 7.10. The van der Waals surface area contributed by atoms with Crippen LogP contribution in [0.5, 0.6) is 23.0 Å². The van der Waals surface area contributed by atoms with Crippen molar-refractivity contribution < 1.29 is 31.8 Å². The predicted molar refractivity (Wildman–Crippen MR) is 123 cm³/mol. The average Bonchev–Trinajstić information content (AvgIpc) is 3.25. The predicted octanol–water partition coefficient (Wildman–Crippen LogP) is 3.88. The molecule has 0 spiro atoms. The molecule has 178 valence electrons. The fourth-order valence-corrected chi connectivity index (χ4v) is 4.44. The van der Waals surface area contributed by atoms with Crippen LogP contribution < -0.4 is 23.7 Å². The maximum atomic E-state index is 14.5. The summed E-state index contributed by atoms with van der Waals surface area (Å²) in [5.41, 5.74) is 1.60. The van der Waals surface area contributed by atoms with E-state index < -0.39 is 20.7 Å². The molecular weight excluding hydrogens is 465 g/mol. The van der Waals surface area contributed by atoms with E-state index in [1.54, 1.807) is 6.07 Å². The van der Waals surface area contributed by atoms with Crippen molar-refractivity contribution in [2.24, 2.45) is 0 Å². The van der Waals surface area contributed by atoms with Gasteiger partial charge in [-0.25, -0.2) is 17.8 Å². The molecule has 0 bridgehead atoms. The molecule has 0 unspecified atom stereocenters. The van der Waals surface area contributed by atoms with Crippen molar-refractivity contribution in [2.75, 3.05) is 26.1 Å². The summed E-state index contributed by atoms with van der Waals surface area (Å²) in [5.74, 6) is -0.153. The zero-order valence-corrected chi connectivity index (χ0v) is 19.4. The zero-order valence-electron chi connectivity index (χ0n) is 18.6. The summed E-state index contributed by atoms with van der Waals surface area (Å²) < 4.78 is 65.8. The van der Waals surface area contributed by atoms with Crippen LogP contribution in [-0.4, -0.2) is 39.1 Å². The van der Waals surface area contributed by atoms with Crippen LogP contribution in [0.15, 0.2) is 65.8 Å². The number of ether oxygens (including phenoxy) is 4. The lowest BCUT2D eigenvalue weighted by Gasteiger charge is -2.15. The number of nitrogens with zero attached hydrogens (tertiary/aromatic N) is 2. The SMILES string of the molecule is COc1cc(F)c(S(=O)(=O)Nc2ccc(OC)c(OCc3cn4ccccc4n3)c2)cc1OC. The van der Waals surface area contributed by atoms with E-state index in [-0.39, 0.29) is 29.5 Å². The van der Waals surface area contributed by atoms with Crippen LogP contribution >= 0.6 is 0 Å². The normalized spacial score (nSPS) is 11.3. The van der Waals surface area contributed by atoms with Crippen molar-refractivity contribution in [2.45, 2.75) is 11.5 Å². The van der Waals surface area contributed by atoms with Crippen LogP contribution in [0.3, 0.4) is 0 Å². The second-order valence-corrected chi connectivity index (χ2v) is 8.75. The topological polar surface area (TPSA) is 100 Å². The van der Waals surface area contributed by atoms with E-state index in [1.807, 2.05) is 35.0 Å². The van der Waals surface area contributed by atoms with Gasteiger partial charge >= 0.3 is 0 Å². The first kappa shape index (κ1) is 23.2. The third-order valence-electron chi connectivity index (χ3n) is 4.93. The lowest BCUT2D eigenvalue weighted by atomic mass is 10.3. The maximum Gasteiger partial charge on any atom is 0.264 e. The van der Waals surface area contributed by atoms with Crippen LogP contribution in [0.1, 0.15) is 5.69 Å². The minimum Gasteiger partial charge on any atom is -0.493 e. The largest absolute Gasteiger partial charge is 0.493 e. The molecule has 0 atom stereocenters. The van der Waals surface area contributed by atoms with Crippen molar-refractivity contribution in [3.05, 3.63) is 72.4 Å². The number of benzene rings is 2. The molecule has 0 fully saturated rings. The van der Waals surface area contributed by atoms with Crippen LogP contribution in [0.2, 0.25) is 0 Å². The monoisotopic (exact) mass is 487 g/mol. The number of nitrogens with one attached hydrogen (secondary N) is 1. The van der Waals surface area contributed by atoms with Gasteiger partial charge in [0.05, 0.1) is 32.7 Å². The lowest BCUT2D eigenvalue weighted by Crippen LogP contribution is -2.15. The summed E-state index contributed by atoms with van der Waals surface area (Å²) in [7, 11) is -0.169. The highest BCUT2D eigenvalue weighted by Gasteiger charge is 2.23. The van der Waals surface area contributed by atoms with E-state index in [2.05, 4.69) is 9.71 Å². The van der Waals surface area contributed by atoms with E-state index in [9.17, 15) is 12.8 Å². The van der Waals surface area contributed by atoms with E-state index in [0.29, 0.717) is 11.4 Å². The quantitative estimate of drug-likeness (QED) is 0.382. The fraction of sp³-hybridized carbons (Fsp3) is 0.174. The molecule has 2 aromatic heterocycles. The first-order valence-corrected chi connectivity index (χ1v) is 11.5. The van der Waals surface area contributed by atoms with Crippen LogP contribution in [0.25, 0.3) is 5.65 Å². The number of aromatic nitrogens is 2. The Morgan fingerprint density at radius 2 is 1.68 bits per heavy atom. The molecule has 0 aliphatic heterocycles. The molecule has 11 heteroatoms. The van der Waals surface area contributed by atoms with E-state index >= 15 is 0 Å². The summed E-state index contributed by atoms with van der Waals surface area (Å²) in [4.78, 5) is 3.88. The summed E-state index contributed by atoms with van der Waals surface area (Å²) in [6, 6.07) is 12.1. The Kier molecular flexibility index (Phi) is 6.46. The summed E-state index contributed by atoms with van der Waals surface area (Å²) >= 11 is 0. The molecule has 9 nitrogen and oxygen atoms in total. The van der Waals surface area contributed by atoms with Crippen molar-refractivity contribution in [3.63, 3.8) is 0 Å². The molecule has 0 saturated heterocycles. The lowest BCUT2D eigenvalue weighted by molar-refractivity contribution is 0.281. The number of fused-ring (bicyclic) bond motifs is 1. The van der Waals surface area contributed by atoms with Gasteiger partial charge in [-0.05, 0) is 24.3 Å². The molecule has 34 heavy (non-hydrogen) atoms. The second kappa shape index (κ2) is 9.48. The minimum atomic E-state index is -4.29. The van der Waals surface area contributed by atoms with Gasteiger partial charge in [0.1, 0.15) is 23.0 Å². The Labute approximate surface area is 195 Å². The summed E-state index contributed by atoms with van der Waals surface area (Å²) in [6.07, 6.45) is 3.70. The van der Waals surface area contributed by atoms with Gasteiger partial charge < -0.3 is 23.3 Å². The van der Waals surface area contributed by atoms with Gasteiger partial charge in [0.25, 0.3) is 10.0 Å². The minimum absolute atomic E-state index is 0.0750. The Morgan fingerprint density at radius 1 is 0.941 bits per heavy atom. The number of imidazole rings is 1. The highest BCUT2D eigenvalue weighted by molar-refractivity contribution is 7.92. The van der Waals surface area contributed by atoms with E-state index in [0.717, 1.165) is 17.8 Å². The van der Waals surface area contributed by atoms with Gasteiger partial charge in [-0.1, -0.05) is 6.07 Å². The van der Waals surface area contributed by atoms with Gasteiger partial charge in [-0.15, -0.1) is 0 Å². The van der Waals surface area contributed by atoms with Crippen LogP contribution in [0, 0.1) is 5.82 Å². The number of rotatable bonds is 9. The molecule has 4 rings (SSSR count). The number of sulfonamides is 1. The van der Waals surface area contributed by atoms with Crippen molar-refractivity contribution in [3.8, 4) is 23.0 Å². The number of hydrogen-bond acceptors (Lipinski definition) is 7. The number of pyridine rings is 1. The average molecular weight is 488 g/mol. The van der Waals surface area contributed by atoms with Crippen LogP contribution in [-0.2, 0) is 16.6 Å². The summed E-state index contributed by atoms with van der Waals surface area (Å²) in [6.45, 7) is 0.124. The molecule has 2 aromatic carbocycles. The number of methoxy groups -OCH3 is 3.